The first-order valence-electron chi connectivity index (χ1n) is 3.20. The molecule has 1 aliphatic rings. The Morgan fingerprint density at radius 1 is 1.67 bits per heavy atom. The Kier molecular flexibility index (Phi) is 2.73. The molecule has 0 unspecified atom stereocenters. The summed E-state index contributed by atoms with van der Waals surface area (Å²) in [5.74, 6) is 0. The second-order valence-electron chi connectivity index (χ2n) is 2.26. The Balaban J connectivity index is 2.28. The summed E-state index contributed by atoms with van der Waals surface area (Å²) in [6, 6.07) is 0. The van der Waals surface area contributed by atoms with Crippen molar-refractivity contribution < 1.29 is 4.74 Å². The molecule has 1 aliphatic heterocycles. The highest BCUT2D eigenvalue weighted by atomic mass is 79.9. The molecule has 0 aromatic rings. The Morgan fingerprint density at radius 3 is 2.78 bits per heavy atom. The van der Waals surface area contributed by atoms with Crippen LogP contribution in [0.2, 0.25) is 0 Å². The van der Waals surface area contributed by atoms with E-state index in [4.69, 9.17) is 4.74 Å². The highest BCUT2D eigenvalue weighted by Gasteiger charge is 2.21. The van der Waals surface area contributed by atoms with Crippen LogP contribution in [0.15, 0.2) is 12.7 Å². The summed E-state index contributed by atoms with van der Waals surface area (Å²) in [4.78, 5) is 0. The molecule has 9 heavy (non-hydrogen) atoms. The molecule has 0 amide bonds. The van der Waals surface area contributed by atoms with Gasteiger partial charge in [-0.25, -0.2) is 0 Å². The summed E-state index contributed by atoms with van der Waals surface area (Å²) in [7, 11) is 0. The van der Waals surface area contributed by atoms with Gasteiger partial charge in [-0.2, -0.15) is 0 Å². The van der Waals surface area contributed by atoms with Crippen molar-refractivity contribution in [2.45, 2.75) is 25.0 Å². The molecule has 0 spiro atoms. The lowest BCUT2D eigenvalue weighted by Crippen LogP contribution is -2.09. The van der Waals surface area contributed by atoms with E-state index in [9.17, 15) is 0 Å². The summed E-state index contributed by atoms with van der Waals surface area (Å²) in [5, 5.41) is 0.956. The van der Waals surface area contributed by atoms with E-state index in [-0.39, 0.29) is 0 Å². The highest BCUT2D eigenvalue weighted by Crippen LogP contribution is 2.21. The monoisotopic (exact) mass is 190 g/mol. The predicted molar refractivity (Wildman–Crippen MR) is 41.9 cm³/mol. The van der Waals surface area contributed by atoms with Crippen LogP contribution in [0.5, 0.6) is 0 Å². The zero-order valence-electron chi connectivity index (χ0n) is 5.35. The van der Waals surface area contributed by atoms with Gasteiger partial charge in [-0.1, -0.05) is 22.0 Å². The Hall–Kier alpha value is 0.180. The normalized spacial score (nSPS) is 34.8. The van der Waals surface area contributed by atoms with E-state index in [1.54, 1.807) is 0 Å². The molecule has 1 fully saturated rings. The molecule has 0 saturated carbocycles. The van der Waals surface area contributed by atoms with Gasteiger partial charge in [0.25, 0.3) is 0 Å². The summed E-state index contributed by atoms with van der Waals surface area (Å²) >= 11 is 3.37. The smallest absolute Gasteiger partial charge is 0.0758 e. The van der Waals surface area contributed by atoms with Crippen molar-refractivity contribution in [2.75, 3.05) is 5.33 Å². The second-order valence-corrected chi connectivity index (χ2v) is 2.91. The van der Waals surface area contributed by atoms with Crippen molar-refractivity contribution >= 4 is 15.9 Å². The van der Waals surface area contributed by atoms with Crippen LogP contribution in [0.3, 0.4) is 0 Å². The van der Waals surface area contributed by atoms with E-state index in [0.29, 0.717) is 12.2 Å². The van der Waals surface area contributed by atoms with Crippen molar-refractivity contribution in [1.82, 2.24) is 0 Å². The minimum absolute atomic E-state index is 0.313. The molecular weight excluding hydrogens is 180 g/mol. The molecular formula is C7H11BrO. The Labute approximate surface area is 64.2 Å². The summed E-state index contributed by atoms with van der Waals surface area (Å²) in [6.07, 6.45) is 4.92. The van der Waals surface area contributed by atoms with Gasteiger partial charge in [-0.15, -0.1) is 6.58 Å². The zero-order valence-corrected chi connectivity index (χ0v) is 6.93. The maximum atomic E-state index is 5.49. The third-order valence-corrected chi connectivity index (χ3v) is 2.30. The van der Waals surface area contributed by atoms with Crippen LogP contribution in [-0.4, -0.2) is 17.5 Å². The van der Waals surface area contributed by atoms with Crippen molar-refractivity contribution in [2.24, 2.45) is 0 Å². The van der Waals surface area contributed by atoms with E-state index >= 15 is 0 Å². The van der Waals surface area contributed by atoms with Gasteiger partial charge in [0, 0.05) is 5.33 Å². The Bertz CT molecular complexity index is 103. The first-order valence-corrected chi connectivity index (χ1v) is 4.33. The van der Waals surface area contributed by atoms with E-state index < -0.39 is 0 Å². The van der Waals surface area contributed by atoms with Gasteiger partial charge in [0.15, 0.2) is 0 Å². The van der Waals surface area contributed by atoms with Gasteiger partial charge in [-0.05, 0) is 12.8 Å². The second kappa shape index (κ2) is 3.37. The molecule has 1 saturated heterocycles. The van der Waals surface area contributed by atoms with E-state index in [1.165, 1.54) is 6.42 Å². The molecule has 1 rings (SSSR count). The minimum Gasteiger partial charge on any atom is -0.370 e. The number of halogens is 1. The van der Waals surface area contributed by atoms with Gasteiger partial charge in [0.2, 0.25) is 0 Å². The number of hydrogen-bond donors (Lipinski definition) is 0. The van der Waals surface area contributed by atoms with E-state index in [2.05, 4.69) is 22.5 Å². The van der Waals surface area contributed by atoms with Crippen molar-refractivity contribution in [3.8, 4) is 0 Å². The third kappa shape index (κ3) is 1.80. The van der Waals surface area contributed by atoms with Gasteiger partial charge in [0.1, 0.15) is 0 Å². The first-order chi connectivity index (χ1) is 4.36. The quantitative estimate of drug-likeness (QED) is 0.479. The predicted octanol–water partition coefficient (Wildman–Crippen LogP) is 2.11. The average Bonchev–Trinajstić information content (AvgIpc) is 2.34. The van der Waals surface area contributed by atoms with E-state index in [0.717, 1.165) is 11.8 Å². The molecule has 2 atom stereocenters. The van der Waals surface area contributed by atoms with Crippen molar-refractivity contribution in [1.29, 1.82) is 0 Å². The summed E-state index contributed by atoms with van der Waals surface area (Å²) < 4.78 is 5.49. The van der Waals surface area contributed by atoms with Crippen LogP contribution in [0, 0.1) is 0 Å². The highest BCUT2D eigenvalue weighted by molar-refractivity contribution is 9.09. The van der Waals surface area contributed by atoms with Crippen LogP contribution in [0.1, 0.15) is 12.8 Å². The fraction of sp³-hybridized carbons (Fsp3) is 0.714. The standard InChI is InChI=1S/C7H11BrO/c1-2-6-3-4-7(5-8)9-6/h2,6-7H,1,3-5H2/t6-,7+/m1/s1. The lowest BCUT2D eigenvalue weighted by Gasteiger charge is -2.05. The van der Waals surface area contributed by atoms with Gasteiger partial charge >= 0.3 is 0 Å². The van der Waals surface area contributed by atoms with Gasteiger partial charge in [0.05, 0.1) is 12.2 Å². The largest absolute Gasteiger partial charge is 0.370 e. The number of ether oxygens (including phenoxy) is 1. The molecule has 1 nitrogen and oxygen atoms in total. The molecule has 0 radical (unpaired) electrons. The number of rotatable bonds is 2. The van der Waals surface area contributed by atoms with Gasteiger partial charge < -0.3 is 4.74 Å². The molecule has 0 bridgehead atoms. The topological polar surface area (TPSA) is 9.23 Å². The van der Waals surface area contributed by atoms with Crippen LogP contribution in [0.25, 0.3) is 0 Å². The zero-order chi connectivity index (χ0) is 6.69. The maximum absolute atomic E-state index is 5.49. The number of hydrogen-bond acceptors (Lipinski definition) is 1. The third-order valence-electron chi connectivity index (χ3n) is 1.58. The molecule has 0 aromatic carbocycles. The van der Waals surface area contributed by atoms with Crippen LogP contribution < -0.4 is 0 Å². The fourth-order valence-electron chi connectivity index (χ4n) is 1.02. The SMILES string of the molecule is C=C[C@@H]1CC[C@@H](CBr)O1. The minimum atomic E-state index is 0.313. The molecule has 0 aliphatic carbocycles. The lowest BCUT2D eigenvalue weighted by atomic mass is 10.2. The molecule has 0 N–H and O–H groups in total. The first kappa shape index (κ1) is 7.29. The van der Waals surface area contributed by atoms with Crippen molar-refractivity contribution in [3.63, 3.8) is 0 Å². The van der Waals surface area contributed by atoms with Crippen molar-refractivity contribution in [3.05, 3.63) is 12.7 Å². The van der Waals surface area contributed by atoms with Crippen LogP contribution in [0.4, 0.5) is 0 Å². The Morgan fingerprint density at radius 2 is 2.44 bits per heavy atom. The lowest BCUT2D eigenvalue weighted by molar-refractivity contribution is 0.0872. The molecule has 2 heteroatoms. The van der Waals surface area contributed by atoms with Crippen LogP contribution in [-0.2, 0) is 4.74 Å². The average molecular weight is 191 g/mol. The molecule has 52 valence electrons. The summed E-state index contributed by atoms with van der Waals surface area (Å²) in [6.45, 7) is 3.67. The maximum Gasteiger partial charge on any atom is 0.0758 e. The molecule has 1 heterocycles. The molecule has 0 aromatic heterocycles. The summed E-state index contributed by atoms with van der Waals surface area (Å²) in [5.41, 5.74) is 0. The van der Waals surface area contributed by atoms with Crippen LogP contribution >= 0.6 is 15.9 Å². The van der Waals surface area contributed by atoms with Gasteiger partial charge in [-0.3, -0.25) is 0 Å². The van der Waals surface area contributed by atoms with E-state index in [1.807, 2.05) is 6.08 Å². The number of alkyl halides is 1. The fourth-order valence-corrected chi connectivity index (χ4v) is 1.50.